The molecule has 1 unspecified atom stereocenters. The zero-order valence-electron chi connectivity index (χ0n) is 9.59. The van der Waals surface area contributed by atoms with Gasteiger partial charge in [-0.1, -0.05) is 30.3 Å². The number of aliphatic hydroxyl groups excluding tert-OH is 1. The van der Waals surface area contributed by atoms with Gasteiger partial charge in [0.2, 0.25) is 0 Å². The third kappa shape index (κ3) is 2.31. The van der Waals surface area contributed by atoms with Crippen LogP contribution >= 0.6 is 0 Å². The van der Waals surface area contributed by atoms with E-state index in [-0.39, 0.29) is 6.10 Å². The Kier molecular flexibility index (Phi) is 3.06. The van der Waals surface area contributed by atoms with Crippen LogP contribution in [0.15, 0.2) is 36.4 Å². The molecular formula is C13H16N2O. The minimum absolute atomic E-state index is 0.334. The van der Waals surface area contributed by atoms with E-state index in [1.54, 1.807) is 6.92 Å². The van der Waals surface area contributed by atoms with E-state index < -0.39 is 0 Å². The summed E-state index contributed by atoms with van der Waals surface area (Å²) in [4.78, 5) is 0. The molecule has 1 N–H and O–H groups in total. The summed E-state index contributed by atoms with van der Waals surface area (Å²) in [6.07, 6.45) is 0.301. The normalized spacial score (nSPS) is 12.7. The Morgan fingerprint density at radius 3 is 2.62 bits per heavy atom. The third-order valence-electron chi connectivity index (χ3n) is 2.55. The van der Waals surface area contributed by atoms with Crippen LogP contribution in [0, 0.1) is 0 Å². The molecule has 3 heteroatoms. The van der Waals surface area contributed by atoms with Crippen molar-refractivity contribution in [3.63, 3.8) is 0 Å². The van der Waals surface area contributed by atoms with Gasteiger partial charge in [0.1, 0.15) is 0 Å². The molecule has 2 rings (SSSR count). The van der Waals surface area contributed by atoms with Crippen molar-refractivity contribution in [1.82, 2.24) is 9.78 Å². The molecule has 1 aromatic carbocycles. The highest BCUT2D eigenvalue weighted by molar-refractivity contribution is 5.59. The summed E-state index contributed by atoms with van der Waals surface area (Å²) in [5.74, 6) is 0. The van der Waals surface area contributed by atoms with Gasteiger partial charge in [-0.25, -0.2) is 0 Å². The summed E-state index contributed by atoms with van der Waals surface area (Å²) < 4.78 is 1.83. The Labute approximate surface area is 95.3 Å². The monoisotopic (exact) mass is 216 g/mol. The topological polar surface area (TPSA) is 38.1 Å². The molecule has 84 valence electrons. The average molecular weight is 216 g/mol. The van der Waals surface area contributed by atoms with Gasteiger partial charge in [-0.15, -0.1) is 0 Å². The Hall–Kier alpha value is -1.61. The van der Waals surface area contributed by atoms with Crippen molar-refractivity contribution in [2.75, 3.05) is 0 Å². The lowest BCUT2D eigenvalue weighted by molar-refractivity contribution is 0.193. The predicted molar refractivity (Wildman–Crippen MR) is 64.0 cm³/mol. The highest BCUT2D eigenvalue weighted by Crippen LogP contribution is 2.18. The molecule has 16 heavy (non-hydrogen) atoms. The van der Waals surface area contributed by atoms with Crippen LogP contribution in [-0.2, 0) is 13.5 Å². The molecule has 0 saturated heterocycles. The van der Waals surface area contributed by atoms with Crippen molar-refractivity contribution in [2.45, 2.75) is 19.4 Å². The first-order valence-electron chi connectivity index (χ1n) is 5.43. The maximum atomic E-state index is 9.37. The maximum Gasteiger partial charge on any atom is 0.0925 e. The fourth-order valence-electron chi connectivity index (χ4n) is 1.75. The number of hydrogen-bond acceptors (Lipinski definition) is 2. The van der Waals surface area contributed by atoms with Crippen molar-refractivity contribution in [3.05, 3.63) is 42.1 Å². The fourth-order valence-corrected chi connectivity index (χ4v) is 1.75. The largest absolute Gasteiger partial charge is 0.393 e. The summed E-state index contributed by atoms with van der Waals surface area (Å²) >= 11 is 0. The predicted octanol–water partition coefficient (Wildman–Crippen LogP) is 2.01. The van der Waals surface area contributed by atoms with Gasteiger partial charge in [-0.2, -0.15) is 5.10 Å². The van der Waals surface area contributed by atoms with Crippen LogP contribution in [0.4, 0.5) is 0 Å². The smallest absolute Gasteiger partial charge is 0.0925 e. The summed E-state index contributed by atoms with van der Waals surface area (Å²) in [5, 5.41) is 13.8. The van der Waals surface area contributed by atoms with Gasteiger partial charge in [0.05, 0.1) is 11.8 Å². The average Bonchev–Trinajstić information content (AvgIpc) is 2.61. The van der Waals surface area contributed by atoms with Crippen molar-refractivity contribution in [1.29, 1.82) is 0 Å². The van der Waals surface area contributed by atoms with E-state index in [1.165, 1.54) is 0 Å². The number of hydrogen-bond donors (Lipinski definition) is 1. The number of aryl methyl sites for hydroxylation is 1. The molecule has 0 radical (unpaired) electrons. The molecule has 0 spiro atoms. The summed E-state index contributed by atoms with van der Waals surface area (Å²) in [6, 6.07) is 12.1. The minimum Gasteiger partial charge on any atom is -0.393 e. The zero-order chi connectivity index (χ0) is 11.5. The highest BCUT2D eigenvalue weighted by atomic mass is 16.3. The van der Waals surface area contributed by atoms with Gasteiger partial charge in [-0.3, -0.25) is 4.68 Å². The van der Waals surface area contributed by atoms with E-state index >= 15 is 0 Å². The van der Waals surface area contributed by atoms with Crippen LogP contribution in [0.5, 0.6) is 0 Å². The Morgan fingerprint density at radius 1 is 1.31 bits per heavy atom. The second-order valence-electron chi connectivity index (χ2n) is 4.06. The molecule has 2 aromatic rings. The zero-order valence-corrected chi connectivity index (χ0v) is 9.59. The van der Waals surface area contributed by atoms with Crippen molar-refractivity contribution in [3.8, 4) is 11.3 Å². The minimum atomic E-state index is -0.334. The Morgan fingerprint density at radius 2 is 2.00 bits per heavy atom. The molecule has 3 nitrogen and oxygen atoms in total. The van der Waals surface area contributed by atoms with Crippen LogP contribution in [0.1, 0.15) is 12.6 Å². The standard InChI is InChI=1S/C13H16N2O/c1-10(16)8-12-9-13(14-15(12)2)11-6-4-3-5-7-11/h3-7,9-10,16H,8H2,1-2H3. The van der Waals surface area contributed by atoms with Gasteiger partial charge in [0, 0.05) is 24.7 Å². The van der Waals surface area contributed by atoms with Gasteiger partial charge >= 0.3 is 0 Å². The molecule has 0 amide bonds. The van der Waals surface area contributed by atoms with Crippen LogP contribution in [-0.4, -0.2) is 21.0 Å². The lowest BCUT2D eigenvalue weighted by Gasteiger charge is -2.02. The van der Waals surface area contributed by atoms with E-state index in [1.807, 2.05) is 48.1 Å². The number of aromatic nitrogens is 2. The first-order valence-corrected chi connectivity index (χ1v) is 5.43. The number of nitrogens with zero attached hydrogens (tertiary/aromatic N) is 2. The molecule has 0 fully saturated rings. The first kappa shape index (κ1) is 10.9. The molecule has 1 aromatic heterocycles. The van der Waals surface area contributed by atoms with Crippen molar-refractivity contribution >= 4 is 0 Å². The third-order valence-corrected chi connectivity index (χ3v) is 2.55. The highest BCUT2D eigenvalue weighted by Gasteiger charge is 2.08. The van der Waals surface area contributed by atoms with Crippen LogP contribution in [0.3, 0.4) is 0 Å². The lowest BCUT2D eigenvalue weighted by Crippen LogP contribution is -2.08. The summed E-state index contributed by atoms with van der Waals surface area (Å²) in [5.41, 5.74) is 3.11. The molecule has 0 aliphatic carbocycles. The summed E-state index contributed by atoms with van der Waals surface area (Å²) in [7, 11) is 1.91. The van der Waals surface area contributed by atoms with E-state index in [2.05, 4.69) is 5.10 Å². The second-order valence-corrected chi connectivity index (χ2v) is 4.06. The van der Waals surface area contributed by atoms with Gasteiger partial charge in [0.15, 0.2) is 0 Å². The molecule has 1 heterocycles. The molecular weight excluding hydrogens is 200 g/mol. The van der Waals surface area contributed by atoms with Gasteiger partial charge in [0.25, 0.3) is 0 Å². The molecule has 1 atom stereocenters. The van der Waals surface area contributed by atoms with E-state index in [4.69, 9.17) is 0 Å². The van der Waals surface area contributed by atoms with Gasteiger partial charge < -0.3 is 5.11 Å². The first-order chi connectivity index (χ1) is 7.66. The number of rotatable bonds is 3. The van der Waals surface area contributed by atoms with Crippen LogP contribution < -0.4 is 0 Å². The van der Waals surface area contributed by atoms with Gasteiger partial charge in [-0.05, 0) is 13.0 Å². The van der Waals surface area contributed by atoms with E-state index in [9.17, 15) is 5.11 Å². The van der Waals surface area contributed by atoms with Crippen molar-refractivity contribution < 1.29 is 5.11 Å². The Balaban J connectivity index is 2.31. The molecule has 0 bridgehead atoms. The molecule has 0 aliphatic rings. The fraction of sp³-hybridized carbons (Fsp3) is 0.308. The van der Waals surface area contributed by atoms with Crippen molar-refractivity contribution in [2.24, 2.45) is 7.05 Å². The van der Waals surface area contributed by atoms with Crippen LogP contribution in [0.25, 0.3) is 11.3 Å². The van der Waals surface area contributed by atoms with Crippen LogP contribution in [0.2, 0.25) is 0 Å². The quantitative estimate of drug-likeness (QED) is 0.852. The molecule has 0 saturated carbocycles. The SMILES string of the molecule is CC(O)Cc1cc(-c2ccccc2)nn1C. The number of benzene rings is 1. The van der Waals surface area contributed by atoms with E-state index in [0.29, 0.717) is 6.42 Å². The molecule has 0 aliphatic heterocycles. The summed E-state index contributed by atoms with van der Waals surface area (Å²) in [6.45, 7) is 1.79. The van der Waals surface area contributed by atoms with E-state index in [0.717, 1.165) is 17.0 Å². The lowest BCUT2D eigenvalue weighted by atomic mass is 10.1. The number of aliphatic hydroxyl groups is 1. The maximum absolute atomic E-state index is 9.37. The second kappa shape index (κ2) is 4.49. The Bertz CT molecular complexity index is 460.